The Labute approximate surface area is 211 Å². The number of thiazole rings is 1. The van der Waals surface area contributed by atoms with E-state index in [0.29, 0.717) is 35.2 Å². The quantitative estimate of drug-likeness (QED) is 0.164. The van der Waals surface area contributed by atoms with Crippen molar-refractivity contribution in [3.8, 4) is 0 Å². The predicted molar refractivity (Wildman–Crippen MR) is 138 cm³/mol. The van der Waals surface area contributed by atoms with Crippen LogP contribution in [0.1, 0.15) is 17.5 Å². The van der Waals surface area contributed by atoms with Crippen LogP contribution in [0.2, 0.25) is 5.02 Å². The van der Waals surface area contributed by atoms with E-state index < -0.39 is 4.92 Å². The second-order valence-electron chi connectivity index (χ2n) is 7.40. The van der Waals surface area contributed by atoms with E-state index in [1.165, 1.54) is 29.5 Å². The van der Waals surface area contributed by atoms with E-state index in [0.717, 1.165) is 15.8 Å². The average Bonchev–Trinajstić information content (AvgIpc) is 3.45. The highest BCUT2D eigenvalue weighted by Crippen LogP contribution is 2.33. The third-order valence-corrected chi connectivity index (χ3v) is 6.24. The molecule has 2 aromatic heterocycles. The molecule has 0 N–H and O–H groups in total. The minimum atomic E-state index is -0.462. The number of benzene rings is 2. The molecule has 0 aliphatic rings. The number of non-ortho nitro benzene ring substituents is 1. The summed E-state index contributed by atoms with van der Waals surface area (Å²) in [5.74, 6) is -0.255. The highest BCUT2D eigenvalue weighted by molar-refractivity contribution is 7.22. The normalized spacial score (nSPS) is 11.0. The van der Waals surface area contributed by atoms with Crippen molar-refractivity contribution in [3.05, 3.63) is 87.5 Å². The maximum Gasteiger partial charge on any atom is 0.270 e. The lowest BCUT2D eigenvalue weighted by Crippen LogP contribution is -2.30. The van der Waals surface area contributed by atoms with Crippen LogP contribution in [-0.4, -0.2) is 31.9 Å². The lowest BCUT2D eigenvalue weighted by molar-refractivity contribution is -0.384. The van der Waals surface area contributed by atoms with Gasteiger partial charge >= 0.3 is 0 Å². The van der Waals surface area contributed by atoms with Gasteiger partial charge in [-0.3, -0.25) is 19.8 Å². The fraction of sp³-hybridized carbons (Fsp3) is 0.174. The van der Waals surface area contributed by atoms with E-state index in [4.69, 9.17) is 16.6 Å². The van der Waals surface area contributed by atoms with E-state index in [9.17, 15) is 14.9 Å². The molecule has 0 spiro atoms. The molecule has 0 unspecified atom stereocenters. The van der Waals surface area contributed by atoms with Gasteiger partial charge in [-0.1, -0.05) is 35.1 Å². The number of halogens is 2. The van der Waals surface area contributed by atoms with E-state index in [-0.39, 0.29) is 24.0 Å². The number of nitro benzene ring substituents is 1. The molecule has 8 nitrogen and oxygen atoms in total. The number of aryl methyl sites for hydroxylation is 2. The summed E-state index contributed by atoms with van der Waals surface area (Å²) in [6.45, 7) is 3.09. The van der Waals surface area contributed by atoms with E-state index >= 15 is 0 Å². The van der Waals surface area contributed by atoms with Crippen molar-refractivity contribution in [2.24, 2.45) is 0 Å². The molecule has 0 aliphatic carbocycles. The number of aromatic nitrogens is 3. The first-order valence-corrected chi connectivity index (χ1v) is 11.4. The largest absolute Gasteiger partial charge is 0.337 e. The number of carbonyl (C=O) groups excluding carboxylic acids is 1. The number of rotatable bonds is 8. The van der Waals surface area contributed by atoms with Crippen molar-refractivity contribution in [1.82, 2.24) is 14.5 Å². The molecule has 4 rings (SSSR count). The van der Waals surface area contributed by atoms with Crippen LogP contribution < -0.4 is 4.90 Å². The van der Waals surface area contributed by atoms with Gasteiger partial charge in [-0.25, -0.2) is 9.97 Å². The summed E-state index contributed by atoms with van der Waals surface area (Å²) >= 11 is 7.60. The molecule has 0 bridgehead atoms. The second-order valence-corrected chi connectivity index (χ2v) is 8.84. The van der Waals surface area contributed by atoms with Crippen LogP contribution in [0.3, 0.4) is 0 Å². The predicted octanol–water partition coefficient (Wildman–Crippen LogP) is 5.92. The van der Waals surface area contributed by atoms with Crippen molar-refractivity contribution in [2.45, 2.75) is 19.9 Å². The third-order valence-electron chi connectivity index (χ3n) is 4.99. The summed E-state index contributed by atoms with van der Waals surface area (Å²) in [5, 5.41) is 12.2. The molecule has 11 heteroatoms. The number of carbonyl (C=O) groups is 1. The van der Waals surface area contributed by atoms with Gasteiger partial charge in [0.05, 0.1) is 21.5 Å². The second kappa shape index (κ2) is 11.2. The minimum absolute atomic E-state index is 0. The van der Waals surface area contributed by atoms with Crippen molar-refractivity contribution < 1.29 is 9.72 Å². The Balaban J connectivity index is 0.00000324. The maximum absolute atomic E-state index is 13.2. The third kappa shape index (κ3) is 5.99. The Morgan fingerprint density at radius 3 is 2.88 bits per heavy atom. The van der Waals surface area contributed by atoms with Crippen molar-refractivity contribution in [1.29, 1.82) is 0 Å². The molecule has 0 saturated carbocycles. The number of anilines is 1. The smallest absolute Gasteiger partial charge is 0.270 e. The van der Waals surface area contributed by atoms with Crippen molar-refractivity contribution in [2.75, 3.05) is 11.4 Å². The van der Waals surface area contributed by atoms with Gasteiger partial charge in [0.1, 0.15) is 0 Å². The van der Waals surface area contributed by atoms with Gasteiger partial charge in [0.2, 0.25) is 0 Å². The maximum atomic E-state index is 13.2. The van der Waals surface area contributed by atoms with Crippen LogP contribution in [0.5, 0.6) is 0 Å². The molecule has 1 amide bonds. The summed E-state index contributed by atoms with van der Waals surface area (Å²) in [6.07, 6.45) is 9.01. The van der Waals surface area contributed by atoms with E-state index in [1.807, 2.05) is 29.8 Å². The van der Waals surface area contributed by atoms with Crippen molar-refractivity contribution in [3.63, 3.8) is 0 Å². The first-order chi connectivity index (χ1) is 15.9. The van der Waals surface area contributed by atoms with Gasteiger partial charge < -0.3 is 4.57 Å². The lowest BCUT2D eigenvalue weighted by atomic mass is 10.2. The summed E-state index contributed by atoms with van der Waals surface area (Å²) < 4.78 is 2.86. The number of nitro groups is 1. The van der Waals surface area contributed by atoms with Gasteiger partial charge in [0.15, 0.2) is 5.13 Å². The molecule has 4 aromatic rings. The number of hydrogen-bond acceptors (Lipinski definition) is 6. The highest BCUT2D eigenvalue weighted by Gasteiger charge is 2.19. The molecular formula is C23H21Cl2N5O3S. The first-order valence-electron chi connectivity index (χ1n) is 10.2. The Morgan fingerprint density at radius 2 is 2.15 bits per heavy atom. The number of amides is 1. The van der Waals surface area contributed by atoms with Crippen LogP contribution in [0, 0.1) is 17.0 Å². The van der Waals surface area contributed by atoms with Crippen LogP contribution in [0.25, 0.3) is 16.3 Å². The van der Waals surface area contributed by atoms with Gasteiger partial charge in [-0.05, 0) is 42.7 Å². The first kappa shape index (κ1) is 25.4. The van der Waals surface area contributed by atoms with Gasteiger partial charge in [-0.15, -0.1) is 12.4 Å². The summed E-state index contributed by atoms with van der Waals surface area (Å²) in [6, 6.07) is 9.83. The van der Waals surface area contributed by atoms with Crippen LogP contribution in [-0.2, 0) is 11.3 Å². The zero-order chi connectivity index (χ0) is 23.4. The fourth-order valence-electron chi connectivity index (χ4n) is 3.39. The van der Waals surface area contributed by atoms with Gasteiger partial charge in [0, 0.05) is 48.7 Å². The molecule has 176 valence electrons. The molecule has 0 radical (unpaired) electrons. The highest BCUT2D eigenvalue weighted by atomic mass is 35.5. The topological polar surface area (TPSA) is 94.2 Å². The molecule has 34 heavy (non-hydrogen) atoms. The lowest BCUT2D eigenvalue weighted by Gasteiger charge is -2.18. The molecule has 2 aromatic carbocycles. The molecular weight excluding hydrogens is 497 g/mol. The number of fused-ring (bicyclic) bond motifs is 1. The number of hydrogen-bond donors (Lipinski definition) is 0. The average molecular weight is 518 g/mol. The SMILES string of the molecule is Cc1cc(Cl)cc2sc(N(CCCn3ccnc3)C(=O)/C=C/c3cccc([N+](=O)[O-])c3)nc12.Cl. The Morgan fingerprint density at radius 1 is 1.32 bits per heavy atom. The standard InChI is InChI=1S/C23H20ClN5O3S.ClH/c1-16-12-18(24)14-20-22(16)26-23(33-20)28(10-3-9-27-11-8-25-15-27)21(30)7-6-17-4-2-5-19(13-17)29(31)32;/h2,4-8,11-15H,3,9-10H2,1H3;1H/b7-6+;. The zero-order valence-electron chi connectivity index (χ0n) is 18.1. The fourth-order valence-corrected chi connectivity index (χ4v) is 4.84. The summed E-state index contributed by atoms with van der Waals surface area (Å²) in [7, 11) is 0. The Hall–Kier alpha value is -3.27. The Kier molecular flexibility index (Phi) is 8.38. The van der Waals surface area contributed by atoms with Crippen LogP contribution >= 0.6 is 35.3 Å². The van der Waals surface area contributed by atoms with Crippen LogP contribution in [0.15, 0.2) is 61.2 Å². The zero-order valence-corrected chi connectivity index (χ0v) is 20.5. The Bertz CT molecular complexity index is 1340. The molecule has 2 heterocycles. The van der Waals surface area contributed by atoms with Crippen LogP contribution in [0.4, 0.5) is 10.8 Å². The van der Waals surface area contributed by atoms with Gasteiger partial charge in [0.25, 0.3) is 11.6 Å². The summed E-state index contributed by atoms with van der Waals surface area (Å²) in [5.41, 5.74) is 2.30. The van der Waals surface area contributed by atoms with E-state index in [2.05, 4.69) is 4.98 Å². The summed E-state index contributed by atoms with van der Waals surface area (Å²) in [4.78, 5) is 34.1. The van der Waals surface area contributed by atoms with Crippen molar-refractivity contribution >= 4 is 68.4 Å². The number of nitrogens with zero attached hydrogens (tertiary/aromatic N) is 5. The molecule has 0 atom stereocenters. The molecule has 0 aliphatic heterocycles. The monoisotopic (exact) mass is 517 g/mol. The number of imidazole rings is 1. The van der Waals surface area contributed by atoms with E-state index in [1.54, 1.807) is 35.6 Å². The molecule has 0 saturated heterocycles. The van der Waals surface area contributed by atoms with Gasteiger partial charge in [-0.2, -0.15) is 0 Å². The molecule has 0 fully saturated rings. The minimum Gasteiger partial charge on any atom is -0.337 e.